The molecule has 22 heavy (non-hydrogen) atoms. The number of aryl methyl sites for hydroxylation is 3. The van der Waals surface area contributed by atoms with E-state index in [1.54, 1.807) is 0 Å². The number of hydrogen-bond donors (Lipinski definition) is 0. The molecular weight excluding hydrogens is 274 g/mol. The summed E-state index contributed by atoms with van der Waals surface area (Å²) in [6, 6.07) is 16.1. The molecule has 0 atom stereocenters. The second kappa shape index (κ2) is 6.06. The van der Waals surface area contributed by atoms with Crippen LogP contribution in [0.1, 0.15) is 22.6 Å². The fourth-order valence-corrected chi connectivity index (χ4v) is 2.35. The van der Waals surface area contributed by atoms with Crippen molar-refractivity contribution in [1.29, 1.82) is 0 Å². The number of benzene rings is 2. The Morgan fingerprint density at radius 3 is 2.59 bits per heavy atom. The molecular formula is C19H19NO2. The van der Waals surface area contributed by atoms with E-state index in [2.05, 4.69) is 18.0 Å². The van der Waals surface area contributed by atoms with Crippen LogP contribution in [0.3, 0.4) is 0 Å². The van der Waals surface area contributed by atoms with Gasteiger partial charge in [-0.25, -0.2) is 4.98 Å². The molecule has 0 aliphatic rings. The van der Waals surface area contributed by atoms with Crippen LogP contribution in [-0.2, 0) is 6.61 Å². The van der Waals surface area contributed by atoms with E-state index >= 15 is 0 Å². The maximum absolute atomic E-state index is 5.81. The molecule has 2 aromatic carbocycles. The van der Waals surface area contributed by atoms with Crippen molar-refractivity contribution in [2.75, 3.05) is 0 Å². The standard InChI is InChI=1S/C19H19NO2/c1-13-7-6-9-16(11-13)21-12-18-15(3)22-19(20-18)17-10-5-4-8-14(17)2/h4-11H,12H2,1-3H3. The molecule has 0 saturated heterocycles. The first kappa shape index (κ1) is 14.4. The Balaban J connectivity index is 1.80. The average molecular weight is 293 g/mol. The van der Waals surface area contributed by atoms with E-state index in [0.717, 1.165) is 28.3 Å². The number of oxazole rings is 1. The minimum Gasteiger partial charge on any atom is -0.487 e. The number of nitrogens with zero attached hydrogens (tertiary/aromatic N) is 1. The molecule has 0 N–H and O–H groups in total. The maximum Gasteiger partial charge on any atom is 0.226 e. The Morgan fingerprint density at radius 2 is 1.82 bits per heavy atom. The summed E-state index contributed by atoms with van der Waals surface area (Å²) < 4.78 is 11.6. The Labute approximate surface area is 130 Å². The lowest BCUT2D eigenvalue weighted by Gasteiger charge is -2.04. The topological polar surface area (TPSA) is 35.3 Å². The second-order valence-corrected chi connectivity index (χ2v) is 5.44. The van der Waals surface area contributed by atoms with Gasteiger partial charge in [-0.05, 0) is 50.1 Å². The summed E-state index contributed by atoms with van der Waals surface area (Å²) >= 11 is 0. The first-order chi connectivity index (χ1) is 10.6. The third-order valence-corrected chi connectivity index (χ3v) is 3.63. The molecule has 3 rings (SSSR count). The van der Waals surface area contributed by atoms with Gasteiger partial charge in [0.2, 0.25) is 5.89 Å². The average Bonchev–Trinajstić information content (AvgIpc) is 2.87. The summed E-state index contributed by atoms with van der Waals surface area (Å²) in [5.41, 5.74) is 4.18. The van der Waals surface area contributed by atoms with Crippen molar-refractivity contribution in [3.63, 3.8) is 0 Å². The van der Waals surface area contributed by atoms with E-state index in [1.165, 1.54) is 5.56 Å². The molecule has 3 aromatic rings. The Hall–Kier alpha value is -2.55. The first-order valence-electron chi connectivity index (χ1n) is 7.35. The predicted octanol–water partition coefficient (Wildman–Crippen LogP) is 4.85. The van der Waals surface area contributed by atoms with Gasteiger partial charge >= 0.3 is 0 Å². The van der Waals surface area contributed by atoms with Crippen molar-refractivity contribution >= 4 is 0 Å². The van der Waals surface area contributed by atoms with E-state index in [0.29, 0.717) is 12.5 Å². The molecule has 0 saturated carbocycles. The van der Waals surface area contributed by atoms with Crippen LogP contribution < -0.4 is 4.74 Å². The largest absolute Gasteiger partial charge is 0.487 e. The van der Waals surface area contributed by atoms with Gasteiger partial charge in [0.25, 0.3) is 0 Å². The number of aromatic nitrogens is 1. The fraction of sp³-hybridized carbons (Fsp3) is 0.211. The van der Waals surface area contributed by atoms with Crippen molar-refractivity contribution in [2.24, 2.45) is 0 Å². The first-order valence-corrected chi connectivity index (χ1v) is 7.35. The lowest BCUT2D eigenvalue weighted by Crippen LogP contribution is -1.97. The predicted molar refractivity (Wildman–Crippen MR) is 86.9 cm³/mol. The van der Waals surface area contributed by atoms with E-state index < -0.39 is 0 Å². The Bertz CT molecular complexity index is 790. The van der Waals surface area contributed by atoms with Gasteiger partial charge in [-0.15, -0.1) is 0 Å². The zero-order chi connectivity index (χ0) is 15.5. The summed E-state index contributed by atoms with van der Waals surface area (Å²) in [7, 11) is 0. The number of ether oxygens (including phenoxy) is 1. The quantitative estimate of drug-likeness (QED) is 0.690. The summed E-state index contributed by atoms with van der Waals surface area (Å²) in [4.78, 5) is 4.59. The zero-order valence-electron chi connectivity index (χ0n) is 13.1. The van der Waals surface area contributed by atoms with Crippen LogP contribution in [0.15, 0.2) is 52.9 Å². The SMILES string of the molecule is Cc1cccc(OCc2nc(-c3ccccc3C)oc2C)c1. The van der Waals surface area contributed by atoms with Gasteiger partial charge in [0, 0.05) is 5.56 Å². The monoisotopic (exact) mass is 293 g/mol. The molecule has 0 aliphatic heterocycles. The van der Waals surface area contributed by atoms with Gasteiger partial charge in [-0.2, -0.15) is 0 Å². The van der Waals surface area contributed by atoms with Gasteiger partial charge in [0.1, 0.15) is 23.8 Å². The molecule has 0 fully saturated rings. The molecule has 3 heteroatoms. The van der Waals surface area contributed by atoms with Crippen molar-refractivity contribution in [3.8, 4) is 17.2 Å². The lowest BCUT2D eigenvalue weighted by molar-refractivity contribution is 0.299. The molecule has 0 unspecified atom stereocenters. The minimum absolute atomic E-state index is 0.407. The Morgan fingerprint density at radius 1 is 1.00 bits per heavy atom. The molecule has 1 aromatic heterocycles. The fourth-order valence-electron chi connectivity index (χ4n) is 2.35. The van der Waals surface area contributed by atoms with Gasteiger partial charge in [-0.3, -0.25) is 0 Å². The van der Waals surface area contributed by atoms with Crippen LogP contribution in [0.4, 0.5) is 0 Å². The summed E-state index contributed by atoms with van der Waals surface area (Å²) in [6.07, 6.45) is 0. The van der Waals surface area contributed by atoms with Gasteiger partial charge in [0.15, 0.2) is 0 Å². The summed E-state index contributed by atoms with van der Waals surface area (Å²) in [5.74, 6) is 2.30. The van der Waals surface area contributed by atoms with Crippen LogP contribution in [0.25, 0.3) is 11.5 Å². The van der Waals surface area contributed by atoms with Crippen molar-refractivity contribution in [3.05, 3.63) is 71.1 Å². The summed E-state index contributed by atoms with van der Waals surface area (Å²) in [5, 5.41) is 0. The molecule has 112 valence electrons. The van der Waals surface area contributed by atoms with E-state index in [-0.39, 0.29) is 0 Å². The highest BCUT2D eigenvalue weighted by molar-refractivity contribution is 5.58. The highest BCUT2D eigenvalue weighted by atomic mass is 16.5. The normalized spacial score (nSPS) is 10.7. The zero-order valence-corrected chi connectivity index (χ0v) is 13.1. The smallest absolute Gasteiger partial charge is 0.226 e. The molecule has 0 radical (unpaired) electrons. The molecule has 0 amide bonds. The van der Waals surface area contributed by atoms with Crippen LogP contribution in [0.5, 0.6) is 5.75 Å². The molecule has 0 aliphatic carbocycles. The second-order valence-electron chi connectivity index (χ2n) is 5.44. The van der Waals surface area contributed by atoms with E-state index in [4.69, 9.17) is 9.15 Å². The maximum atomic E-state index is 5.81. The van der Waals surface area contributed by atoms with Crippen LogP contribution in [0, 0.1) is 20.8 Å². The highest BCUT2D eigenvalue weighted by Crippen LogP contribution is 2.25. The minimum atomic E-state index is 0.407. The van der Waals surface area contributed by atoms with E-state index in [1.807, 2.05) is 56.3 Å². The van der Waals surface area contributed by atoms with Crippen molar-refractivity contribution < 1.29 is 9.15 Å². The van der Waals surface area contributed by atoms with Gasteiger partial charge < -0.3 is 9.15 Å². The molecule has 1 heterocycles. The lowest BCUT2D eigenvalue weighted by atomic mass is 10.1. The van der Waals surface area contributed by atoms with Gasteiger partial charge in [-0.1, -0.05) is 30.3 Å². The summed E-state index contributed by atoms with van der Waals surface area (Å²) in [6.45, 7) is 6.43. The highest BCUT2D eigenvalue weighted by Gasteiger charge is 2.13. The van der Waals surface area contributed by atoms with Gasteiger partial charge in [0.05, 0.1) is 0 Å². The van der Waals surface area contributed by atoms with Crippen LogP contribution in [0.2, 0.25) is 0 Å². The van der Waals surface area contributed by atoms with Crippen LogP contribution >= 0.6 is 0 Å². The molecule has 3 nitrogen and oxygen atoms in total. The van der Waals surface area contributed by atoms with Crippen LogP contribution in [-0.4, -0.2) is 4.98 Å². The molecule has 0 bridgehead atoms. The third kappa shape index (κ3) is 3.03. The Kier molecular flexibility index (Phi) is 3.96. The third-order valence-electron chi connectivity index (χ3n) is 3.63. The van der Waals surface area contributed by atoms with Crippen molar-refractivity contribution in [2.45, 2.75) is 27.4 Å². The van der Waals surface area contributed by atoms with Crippen molar-refractivity contribution in [1.82, 2.24) is 4.98 Å². The molecule has 0 spiro atoms. The number of hydrogen-bond acceptors (Lipinski definition) is 3. The van der Waals surface area contributed by atoms with E-state index in [9.17, 15) is 0 Å². The number of rotatable bonds is 4.